The molecule has 0 aliphatic heterocycles. The van der Waals surface area contributed by atoms with Crippen LogP contribution in [0.3, 0.4) is 0 Å². The van der Waals surface area contributed by atoms with E-state index in [0.717, 1.165) is 6.20 Å². The normalized spacial score (nSPS) is 11.1. The maximum atomic E-state index is 13.4. The molecule has 0 aliphatic carbocycles. The van der Waals surface area contributed by atoms with Crippen LogP contribution >= 0.6 is 0 Å². The van der Waals surface area contributed by atoms with Gasteiger partial charge < -0.3 is 5.11 Å². The molecule has 4 rings (SSSR count). The Morgan fingerprint density at radius 3 is 2.80 bits per heavy atom. The Hall–Kier alpha value is -3.49. The summed E-state index contributed by atoms with van der Waals surface area (Å²) >= 11 is 0. The summed E-state index contributed by atoms with van der Waals surface area (Å²) in [6.07, 6.45) is 4.04. The minimum absolute atomic E-state index is 0.0387. The monoisotopic (exact) mass is 340 g/mol. The summed E-state index contributed by atoms with van der Waals surface area (Å²) in [6, 6.07) is 6.14. The van der Waals surface area contributed by atoms with Crippen LogP contribution in [-0.2, 0) is 6.42 Å². The van der Waals surface area contributed by atoms with Crippen molar-refractivity contribution >= 4 is 5.65 Å². The molecule has 0 atom stereocenters. The molecule has 3 heterocycles. The maximum Gasteiger partial charge on any atom is 0.251 e. The average molecular weight is 340 g/mol. The van der Waals surface area contributed by atoms with Gasteiger partial charge in [-0.1, -0.05) is 12.1 Å². The van der Waals surface area contributed by atoms with Gasteiger partial charge in [-0.05, 0) is 17.7 Å². The summed E-state index contributed by atoms with van der Waals surface area (Å²) < 4.78 is 28.1. The zero-order chi connectivity index (χ0) is 17.4. The van der Waals surface area contributed by atoms with Crippen molar-refractivity contribution in [2.24, 2.45) is 0 Å². The first-order chi connectivity index (χ1) is 12.1. The molecule has 4 aromatic rings. The standard InChI is InChI=1S/C16H10F2N6O/c17-10-3-1-2-9(4-10)5-12-15-20-8-21-24(15)7-13(22-12)14-19-6-11(18)16(25)23-14/h1-4,6-8H,5H2,(H,19,23,25). The van der Waals surface area contributed by atoms with E-state index < -0.39 is 11.7 Å². The topological polar surface area (TPSA) is 89.1 Å². The van der Waals surface area contributed by atoms with E-state index >= 15 is 0 Å². The number of halogens is 2. The van der Waals surface area contributed by atoms with Crippen molar-refractivity contribution in [1.82, 2.24) is 29.5 Å². The van der Waals surface area contributed by atoms with E-state index in [1.807, 2.05) is 0 Å². The maximum absolute atomic E-state index is 13.4. The van der Waals surface area contributed by atoms with Crippen molar-refractivity contribution in [2.45, 2.75) is 6.42 Å². The van der Waals surface area contributed by atoms with E-state index in [9.17, 15) is 13.9 Å². The summed E-state index contributed by atoms with van der Waals surface area (Å²) in [7, 11) is 0. The minimum atomic E-state index is -0.925. The van der Waals surface area contributed by atoms with Gasteiger partial charge in [-0.2, -0.15) is 14.5 Å². The SMILES string of the molecule is Oc1nc(-c2cn3ncnc3c(Cc3cccc(F)c3)n2)ncc1F. The Morgan fingerprint density at radius 2 is 2.00 bits per heavy atom. The van der Waals surface area contributed by atoms with Crippen molar-refractivity contribution in [3.63, 3.8) is 0 Å². The zero-order valence-electron chi connectivity index (χ0n) is 12.6. The highest BCUT2D eigenvalue weighted by Crippen LogP contribution is 2.20. The average Bonchev–Trinajstić information content (AvgIpc) is 3.06. The minimum Gasteiger partial charge on any atom is -0.491 e. The first kappa shape index (κ1) is 15.1. The summed E-state index contributed by atoms with van der Waals surface area (Å²) in [5, 5.41) is 13.5. The van der Waals surface area contributed by atoms with Gasteiger partial charge in [0.2, 0.25) is 5.82 Å². The van der Waals surface area contributed by atoms with E-state index in [0.29, 0.717) is 23.3 Å². The van der Waals surface area contributed by atoms with Crippen LogP contribution in [0.1, 0.15) is 11.3 Å². The number of nitrogens with zero attached hydrogens (tertiary/aromatic N) is 6. The Labute approximate surface area is 139 Å². The van der Waals surface area contributed by atoms with Crippen LogP contribution in [0.15, 0.2) is 43.0 Å². The van der Waals surface area contributed by atoms with Crippen LogP contribution in [0.2, 0.25) is 0 Å². The molecule has 1 aromatic carbocycles. The fraction of sp³-hybridized carbons (Fsp3) is 0.0625. The molecule has 7 nitrogen and oxygen atoms in total. The van der Waals surface area contributed by atoms with Gasteiger partial charge in [-0.3, -0.25) is 0 Å². The molecule has 0 bridgehead atoms. The molecular formula is C16H10F2N6O. The highest BCUT2D eigenvalue weighted by Gasteiger charge is 2.14. The molecule has 0 radical (unpaired) electrons. The molecule has 9 heteroatoms. The number of benzene rings is 1. The summed E-state index contributed by atoms with van der Waals surface area (Å²) in [6.45, 7) is 0. The lowest BCUT2D eigenvalue weighted by molar-refractivity contribution is 0.409. The first-order valence-corrected chi connectivity index (χ1v) is 7.26. The van der Waals surface area contributed by atoms with Gasteiger partial charge in [0.25, 0.3) is 5.88 Å². The van der Waals surface area contributed by atoms with Crippen molar-refractivity contribution < 1.29 is 13.9 Å². The first-order valence-electron chi connectivity index (χ1n) is 7.26. The second-order valence-electron chi connectivity index (χ2n) is 5.27. The highest BCUT2D eigenvalue weighted by molar-refractivity contribution is 5.55. The number of rotatable bonds is 3. The van der Waals surface area contributed by atoms with Gasteiger partial charge >= 0.3 is 0 Å². The lowest BCUT2D eigenvalue weighted by Crippen LogP contribution is -2.03. The molecule has 124 valence electrons. The van der Waals surface area contributed by atoms with Crippen LogP contribution < -0.4 is 0 Å². The highest BCUT2D eigenvalue weighted by atomic mass is 19.1. The molecule has 0 fully saturated rings. The van der Waals surface area contributed by atoms with Crippen molar-refractivity contribution in [3.05, 3.63) is 65.9 Å². The molecule has 0 unspecified atom stereocenters. The summed E-state index contributed by atoms with van der Waals surface area (Å²) in [5.41, 5.74) is 2.00. The van der Waals surface area contributed by atoms with Crippen LogP contribution in [0.5, 0.6) is 5.88 Å². The van der Waals surface area contributed by atoms with E-state index in [1.165, 1.54) is 29.2 Å². The van der Waals surface area contributed by atoms with Crippen LogP contribution in [0.25, 0.3) is 17.2 Å². The lowest BCUT2D eigenvalue weighted by Gasteiger charge is -2.07. The van der Waals surface area contributed by atoms with Gasteiger partial charge in [-0.15, -0.1) is 0 Å². The fourth-order valence-corrected chi connectivity index (χ4v) is 2.44. The van der Waals surface area contributed by atoms with Crippen molar-refractivity contribution in [2.75, 3.05) is 0 Å². The van der Waals surface area contributed by atoms with Crippen molar-refractivity contribution in [3.8, 4) is 17.4 Å². The predicted octanol–water partition coefficient (Wildman–Crippen LogP) is 2.16. The van der Waals surface area contributed by atoms with E-state index in [-0.39, 0.29) is 17.3 Å². The molecular weight excluding hydrogens is 330 g/mol. The molecule has 0 amide bonds. The Balaban J connectivity index is 1.83. The smallest absolute Gasteiger partial charge is 0.251 e. The molecule has 3 aromatic heterocycles. The zero-order valence-corrected chi connectivity index (χ0v) is 12.6. The fourth-order valence-electron chi connectivity index (χ4n) is 2.44. The summed E-state index contributed by atoms with van der Waals surface area (Å²) in [5.74, 6) is -2.00. The Kier molecular flexibility index (Phi) is 3.53. The number of hydrogen-bond donors (Lipinski definition) is 1. The Morgan fingerprint density at radius 1 is 1.12 bits per heavy atom. The van der Waals surface area contributed by atoms with Gasteiger partial charge in [0.05, 0.1) is 18.1 Å². The molecule has 0 saturated carbocycles. The van der Waals surface area contributed by atoms with Gasteiger partial charge in [0.15, 0.2) is 11.5 Å². The molecule has 0 spiro atoms. The summed E-state index contributed by atoms with van der Waals surface area (Å²) in [4.78, 5) is 16.1. The van der Waals surface area contributed by atoms with Gasteiger partial charge in [-0.25, -0.2) is 23.9 Å². The van der Waals surface area contributed by atoms with Crippen LogP contribution in [0.4, 0.5) is 8.78 Å². The largest absolute Gasteiger partial charge is 0.491 e. The van der Waals surface area contributed by atoms with Gasteiger partial charge in [0.1, 0.15) is 17.8 Å². The third kappa shape index (κ3) is 2.87. The molecule has 1 N–H and O–H groups in total. The predicted molar refractivity (Wildman–Crippen MR) is 82.6 cm³/mol. The number of aromatic hydroxyl groups is 1. The second-order valence-corrected chi connectivity index (χ2v) is 5.27. The van der Waals surface area contributed by atoms with Gasteiger partial charge in [0, 0.05) is 6.42 Å². The number of fused-ring (bicyclic) bond motifs is 1. The molecule has 25 heavy (non-hydrogen) atoms. The van der Waals surface area contributed by atoms with E-state index in [1.54, 1.807) is 12.1 Å². The van der Waals surface area contributed by atoms with E-state index in [4.69, 9.17) is 0 Å². The Bertz CT molecular complexity index is 1080. The molecule has 0 aliphatic rings. The third-order valence-corrected chi connectivity index (χ3v) is 3.55. The molecule has 0 saturated heterocycles. The third-order valence-electron chi connectivity index (χ3n) is 3.55. The van der Waals surface area contributed by atoms with Crippen LogP contribution in [-0.4, -0.2) is 34.7 Å². The van der Waals surface area contributed by atoms with Crippen LogP contribution in [0, 0.1) is 11.6 Å². The van der Waals surface area contributed by atoms with Crippen molar-refractivity contribution in [1.29, 1.82) is 0 Å². The van der Waals surface area contributed by atoms with E-state index in [2.05, 4.69) is 25.0 Å². The number of aromatic nitrogens is 6. The lowest BCUT2D eigenvalue weighted by atomic mass is 10.1. The number of hydrogen-bond acceptors (Lipinski definition) is 6. The second kappa shape index (κ2) is 5.86. The quantitative estimate of drug-likeness (QED) is 0.615.